The molecule has 2 rings (SSSR count). The van der Waals surface area contributed by atoms with E-state index >= 15 is 0 Å². The van der Waals surface area contributed by atoms with Crippen LogP contribution in [-0.2, 0) is 0 Å². The zero-order valence-corrected chi connectivity index (χ0v) is 7.33. The van der Waals surface area contributed by atoms with Crippen LogP contribution in [-0.4, -0.2) is 11.7 Å². The van der Waals surface area contributed by atoms with Crippen LogP contribution in [0.5, 0.6) is 0 Å². The Hall–Kier alpha value is -0.820. The highest BCUT2D eigenvalue weighted by molar-refractivity contribution is 5.28. The third-order valence-electron chi connectivity index (χ3n) is 2.66. The SMILES string of the molecule is Cc1ccc([C@H]2CC2CO)cc1. The van der Waals surface area contributed by atoms with E-state index < -0.39 is 0 Å². The lowest BCUT2D eigenvalue weighted by atomic mass is 10.1. The summed E-state index contributed by atoms with van der Waals surface area (Å²) in [6, 6.07) is 8.63. The van der Waals surface area contributed by atoms with Gasteiger partial charge in [-0.1, -0.05) is 29.8 Å². The van der Waals surface area contributed by atoms with E-state index in [4.69, 9.17) is 5.11 Å². The highest BCUT2D eigenvalue weighted by Gasteiger charge is 2.37. The topological polar surface area (TPSA) is 20.2 Å². The summed E-state index contributed by atoms with van der Waals surface area (Å²) in [6.07, 6.45) is 1.17. The van der Waals surface area contributed by atoms with Crippen molar-refractivity contribution < 1.29 is 5.11 Å². The molecule has 1 aliphatic carbocycles. The van der Waals surface area contributed by atoms with Crippen molar-refractivity contribution in [3.8, 4) is 0 Å². The molecule has 0 saturated heterocycles. The molecule has 1 unspecified atom stereocenters. The van der Waals surface area contributed by atoms with Crippen molar-refractivity contribution in [3.63, 3.8) is 0 Å². The number of hydrogen-bond acceptors (Lipinski definition) is 1. The fourth-order valence-electron chi connectivity index (χ4n) is 1.67. The normalized spacial score (nSPS) is 27.2. The molecule has 0 aliphatic heterocycles. The molecule has 12 heavy (non-hydrogen) atoms. The molecule has 0 spiro atoms. The summed E-state index contributed by atoms with van der Waals surface area (Å²) < 4.78 is 0. The third kappa shape index (κ3) is 1.37. The molecule has 0 aromatic heterocycles. The fraction of sp³-hybridized carbons (Fsp3) is 0.455. The molecule has 1 aromatic rings. The van der Waals surface area contributed by atoms with Crippen molar-refractivity contribution in [2.24, 2.45) is 5.92 Å². The summed E-state index contributed by atoms with van der Waals surface area (Å²) in [6.45, 7) is 2.44. The van der Waals surface area contributed by atoms with E-state index in [2.05, 4.69) is 31.2 Å². The van der Waals surface area contributed by atoms with Gasteiger partial charge in [-0.05, 0) is 30.7 Å². The molecule has 1 saturated carbocycles. The average Bonchev–Trinajstić information content (AvgIpc) is 2.85. The van der Waals surface area contributed by atoms with Gasteiger partial charge in [-0.3, -0.25) is 0 Å². The summed E-state index contributed by atoms with van der Waals surface area (Å²) in [4.78, 5) is 0. The molecule has 1 nitrogen and oxygen atoms in total. The van der Waals surface area contributed by atoms with Crippen molar-refractivity contribution in [1.82, 2.24) is 0 Å². The van der Waals surface area contributed by atoms with Crippen LogP contribution in [0.15, 0.2) is 24.3 Å². The Labute approximate surface area is 73.0 Å². The molecule has 1 N–H and O–H groups in total. The third-order valence-corrected chi connectivity index (χ3v) is 2.66. The van der Waals surface area contributed by atoms with Gasteiger partial charge in [-0.2, -0.15) is 0 Å². The second-order valence-corrected chi connectivity index (χ2v) is 3.70. The smallest absolute Gasteiger partial charge is 0.0465 e. The van der Waals surface area contributed by atoms with E-state index in [9.17, 15) is 0 Å². The number of aliphatic hydroxyl groups is 1. The molecule has 64 valence electrons. The Morgan fingerprint density at radius 1 is 1.33 bits per heavy atom. The average molecular weight is 162 g/mol. The number of aliphatic hydroxyl groups excluding tert-OH is 1. The van der Waals surface area contributed by atoms with Gasteiger partial charge in [-0.15, -0.1) is 0 Å². The molecule has 1 aliphatic rings. The molecule has 0 bridgehead atoms. The van der Waals surface area contributed by atoms with Crippen LogP contribution in [0.1, 0.15) is 23.5 Å². The predicted octanol–water partition coefficient (Wildman–Crippen LogP) is 2.09. The van der Waals surface area contributed by atoms with Crippen LogP contribution >= 0.6 is 0 Å². The minimum Gasteiger partial charge on any atom is -0.396 e. The first kappa shape index (κ1) is 7.81. The van der Waals surface area contributed by atoms with Crippen LogP contribution in [0.2, 0.25) is 0 Å². The molecule has 0 amide bonds. The highest BCUT2D eigenvalue weighted by atomic mass is 16.3. The lowest BCUT2D eigenvalue weighted by Gasteiger charge is -1.98. The standard InChI is InChI=1S/C11H14O/c1-8-2-4-9(5-3-8)11-6-10(11)7-12/h2-5,10-12H,6-7H2,1H3/t10?,11-/m1/s1. The van der Waals surface area contributed by atoms with Crippen LogP contribution in [0.25, 0.3) is 0 Å². The van der Waals surface area contributed by atoms with E-state index in [1.54, 1.807) is 0 Å². The van der Waals surface area contributed by atoms with Crippen molar-refractivity contribution in [3.05, 3.63) is 35.4 Å². The van der Waals surface area contributed by atoms with Gasteiger partial charge in [0.15, 0.2) is 0 Å². The van der Waals surface area contributed by atoms with Gasteiger partial charge in [0.25, 0.3) is 0 Å². The monoisotopic (exact) mass is 162 g/mol. The van der Waals surface area contributed by atoms with Gasteiger partial charge in [0.05, 0.1) is 0 Å². The number of rotatable bonds is 2. The number of aryl methyl sites for hydroxylation is 1. The zero-order chi connectivity index (χ0) is 8.55. The first-order valence-corrected chi connectivity index (χ1v) is 4.48. The van der Waals surface area contributed by atoms with Gasteiger partial charge < -0.3 is 5.11 Å². The van der Waals surface area contributed by atoms with Gasteiger partial charge in [0, 0.05) is 6.61 Å². The zero-order valence-electron chi connectivity index (χ0n) is 7.33. The highest BCUT2D eigenvalue weighted by Crippen LogP contribution is 2.46. The Balaban J connectivity index is 2.10. The minimum absolute atomic E-state index is 0.346. The van der Waals surface area contributed by atoms with Crippen LogP contribution in [0.4, 0.5) is 0 Å². The molecule has 1 fully saturated rings. The lowest BCUT2D eigenvalue weighted by molar-refractivity contribution is 0.274. The Kier molecular flexibility index (Phi) is 1.89. The second-order valence-electron chi connectivity index (χ2n) is 3.70. The largest absolute Gasteiger partial charge is 0.396 e. The van der Waals surface area contributed by atoms with E-state index in [1.807, 2.05) is 0 Å². The summed E-state index contributed by atoms with van der Waals surface area (Å²) >= 11 is 0. The van der Waals surface area contributed by atoms with Crippen LogP contribution in [0, 0.1) is 12.8 Å². The summed E-state index contributed by atoms with van der Waals surface area (Å²) in [5, 5.41) is 8.89. The number of benzene rings is 1. The summed E-state index contributed by atoms with van der Waals surface area (Å²) in [5.41, 5.74) is 2.69. The maximum absolute atomic E-state index is 8.89. The lowest BCUT2D eigenvalue weighted by Crippen LogP contribution is -1.88. The van der Waals surface area contributed by atoms with Crippen molar-refractivity contribution >= 4 is 0 Å². The van der Waals surface area contributed by atoms with Crippen LogP contribution in [0.3, 0.4) is 0 Å². The molecule has 0 heterocycles. The Morgan fingerprint density at radius 3 is 2.50 bits per heavy atom. The Morgan fingerprint density at radius 2 is 2.00 bits per heavy atom. The Bertz CT molecular complexity index is 263. The predicted molar refractivity (Wildman–Crippen MR) is 49.1 cm³/mol. The molecule has 1 aromatic carbocycles. The molecular weight excluding hydrogens is 148 g/mol. The maximum atomic E-state index is 8.89. The number of hydrogen-bond donors (Lipinski definition) is 1. The van der Waals surface area contributed by atoms with E-state index in [-0.39, 0.29) is 0 Å². The maximum Gasteiger partial charge on any atom is 0.0465 e. The van der Waals surface area contributed by atoms with Gasteiger partial charge in [0.2, 0.25) is 0 Å². The molecular formula is C11H14O. The molecule has 2 atom stereocenters. The minimum atomic E-state index is 0.346. The first-order chi connectivity index (χ1) is 5.81. The first-order valence-electron chi connectivity index (χ1n) is 4.48. The fourth-order valence-corrected chi connectivity index (χ4v) is 1.67. The van der Waals surface area contributed by atoms with E-state index in [0.29, 0.717) is 18.4 Å². The van der Waals surface area contributed by atoms with Crippen molar-refractivity contribution in [1.29, 1.82) is 0 Å². The second kappa shape index (κ2) is 2.91. The van der Waals surface area contributed by atoms with Gasteiger partial charge in [0.1, 0.15) is 0 Å². The summed E-state index contributed by atoms with van der Waals surface area (Å²) in [5.74, 6) is 1.17. The van der Waals surface area contributed by atoms with E-state index in [1.165, 1.54) is 17.5 Å². The van der Waals surface area contributed by atoms with Crippen LogP contribution < -0.4 is 0 Å². The quantitative estimate of drug-likeness (QED) is 0.706. The molecule has 0 radical (unpaired) electrons. The van der Waals surface area contributed by atoms with Gasteiger partial charge >= 0.3 is 0 Å². The van der Waals surface area contributed by atoms with E-state index in [0.717, 1.165) is 0 Å². The van der Waals surface area contributed by atoms with Crippen molar-refractivity contribution in [2.45, 2.75) is 19.3 Å². The van der Waals surface area contributed by atoms with Gasteiger partial charge in [-0.25, -0.2) is 0 Å². The van der Waals surface area contributed by atoms with Crippen molar-refractivity contribution in [2.75, 3.05) is 6.61 Å². The summed E-state index contributed by atoms with van der Waals surface area (Å²) in [7, 11) is 0. The molecule has 1 heteroatoms.